The average Bonchev–Trinajstić information content (AvgIpc) is 2.67. The fourth-order valence-electron chi connectivity index (χ4n) is 2.63. The average molecular weight is 419 g/mol. The zero-order chi connectivity index (χ0) is 21.6. The molecule has 0 bridgehead atoms. The van der Waals surface area contributed by atoms with Gasteiger partial charge in [0, 0.05) is 5.69 Å². The number of nitrogens with two attached hydrogens (primary N) is 1. The number of hydrogen-bond donors (Lipinski definition) is 2. The number of carbonyl (C=O) groups excluding carboxylic acids is 2. The maximum absolute atomic E-state index is 12.8. The molecule has 0 saturated heterocycles. The number of rotatable bonds is 9. The fraction of sp³-hybridized carbons (Fsp3) is 0.333. The number of esters is 1. The van der Waals surface area contributed by atoms with Crippen LogP contribution >= 0.6 is 0 Å². The number of sulfonamides is 1. The second-order valence-corrected chi connectivity index (χ2v) is 8.49. The Morgan fingerprint density at radius 1 is 1.14 bits per heavy atom. The molecule has 3 N–H and O–H groups in total. The van der Waals surface area contributed by atoms with Crippen molar-refractivity contribution in [3.05, 3.63) is 59.2 Å². The number of ether oxygens (including phenoxy) is 1. The van der Waals surface area contributed by atoms with Crippen LogP contribution in [0.15, 0.2) is 47.4 Å². The molecule has 0 saturated carbocycles. The summed E-state index contributed by atoms with van der Waals surface area (Å²) in [5.74, 6) is -1.62. The molecule has 0 fully saturated rings. The summed E-state index contributed by atoms with van der Waals surface area (Å²) >= 11 is 0. The van der Waals surface area contributed by atoms with E-state index in [1.54, 1.807) is 19.1 Å². The number of aryl methyl sites for hydroxylation is 2. The number of anilines is 1. The Hall–Kier alpha value is -2.87. The molecule has 156 valence electrons. The first kappa shape index (κ1) is 22.4. The van der Waals surface area contributed by atoms with Crippen LogP contribution in [-0.2, 0) is 26.0 Å². The largest absolute Gasteiger partial charge is 0.449 e. The van der Waals surface area contributed by atoms with Gasteiger partial charge in [0.2, 0.25) is 0 Å². The van der Waals surface area contributed by atoms with Gasteiger partial charge in [-0.3, -0.25) is 9.52 Å². The van der Waals surface area contributed by atoms with Gasteiger partial charge in [0.1, 0.15) is 0 Å². The molecule has 7 nitrogen and oxygen atoms in total. The molecular formula is C21H26N2O5S. The van der Waals surface area contributed by atoms with Crippen molar-refractivity contribution in [1.29, 1.82) is 0 Å². The Bertz CT molecular complexity index is 985. The van der Waals surface area contributed by atoms with Gasteiger partial charge in [-0.1, -0.05) is 31.5 Å². The van der Waals surface area contributed by atoms with E-state index in [9.17, 15) is 18.0 Å². The van der Waals surface area contributed by atoms with Crippen molar-refractivity contribution in [2.75, 3.05) is 4.72 Å². The summed E-state index contributed by atoms with van der Waals surface area (Å²) in [6.45, 7) is 5.09. The van der Waals surface area contributed by atoms with E-state index in [2.05, 4.69) is 11.6 Å². The Labute approximate surface area is 171 Å². The van der Waals surface area contributed by atoms with E-state index in [4.69, 9.17) is 10.5 Å². The lowest BCUT2D eigenvalue weighted by atomic mass is 10.1. The molecule has 0 aliphatic carbocycles. The second-order valence-electron chi connectivity index (χ2n) is 6.84. The molecule has 0 unspecified atom stereocenters. The van der Waals surface area contributed by atoms with E-state index in [0.29, 0.717) is 11.3 Å². The maximum Gasteiger partial charge on any atom is 0.338 e. The van der Waals surface area contributed by atoms with E-state index < -0.39 is 28.0 Å². The summed E-state index contributed by atoms with van der Waals surface area (Å²) in [6, 6.07) is 11.4. The van der Waals surface area contributed by atoms with Crippen LogP contribution in [-0.4, -0.2) is 26.4 Å². The number of amides is 1. The molecule has 2 aromatic carbocycles. The first-order chi connectivity index (χ1) is 13.6. The van der Waals surface area contributed by atoms with Crippen molar-refractivity contribution in [3.63, 3.8) is 0 Å². The van der Waals surface area contributed by atoms with Crippen molar-refractivity contribution < 1.29 is 22.7 Å². The lowest BCUT2D eigenvalue weighted by Crippen LogP contribution is -2.30. The zero-order valence-electron chi connectivity index (χ0n) is 16.8. The predicted octanol–water partition coefficient (Wildman–Crippen LogP) is 3.17. The maximum atomic E-state index is 12.8. The minimum absolute atomic E-state index is 0.0130. The lowest BCUT2D eigenvalue weighted by Gasteiger charge is -2.13. The Morgan fingerprint density at radius 3 is 2.38 bits per heavy atom. The molecule has 2 aromatic rings. The minimum atomic E-state index is -3.92. The molecule has 1 atom stereocenters. The first-order valence-corrected chi connectivity index (χ1v) is 10.8. The third-order valence-electron chi connectivity index (χ3n) is 4.42. The number of primary amides is 1. The van der Waals surface area contributed by atoms with Crippen molar-refractivity contribution in [2.24, 2.45) is 5.73 Å². The molecule has 0 aliphatic heterocycles. The van der Waals surface area contributed by atoms with Crippen LogP contribution in [0.5, 0.6) is 0 Å². The summed E-state index contributed by atoms with van der Waals surface area (Å²) < 4.78 is 33.2. The van der Waals surface area contributed by atoms with Crippen LogP contribution in [0, 0.1) is 6.92 Å². The van der Waals surface area contributed by atoms with Crippen molar-refractivity contribution in [3.8, 4) is 0 Å². The van der Waals surface area contributed by atoms with Crippen LogP contribution in [0.4, 0.5) is 5.69 Å². The van der Waals surface area contributed by atoms with Crippen LogP contribution in [0.3, 0.4) is 0 Å². The molecule has 0 aromatic heterocycles. The monoisotopic (exact) mass is 418 g/mol. The zero-order valence-corrected chi connectivity index (χ0v) is 17.6. The highest BCUT2D eigenvalue weighted by Crippen LogP contribution is 2.22. The first-order valence-electron chi connectivity index (χ1n) is 9.36. The summed E-state index contributed by atoms with van der Waals surface area (Å²) in [5, 5.41) is 0. The molecule has 0 spiro atoms. The number of nitrogens with one attached hydrogen (secondary N) is 1. The van der Waals surface area contributed by atoms with Gasteiger partial charge < -0.3 is 10.5 Å². The van der Waals surface area contributed by atoms with Gasteiger partial charge in [-0.15, -0.1) is 0 Å². The number of benzene rings is 2. The highest BCUT2D eigenvalue weighted by Gasteiger charge is 2.22. The van der Waals surface area contributed by atoms with Crippen LogP contribution in [0.2, 0.25) is 0 Å². The molecular weight excluding hydrogens is 392 g/mol. The van der Waals surface area contributed by atoms with E-state index in [1.807, 2.05) is 12.1 Å². The summed E-state index contributed by atoms with van der Waals surface area (Å²) in [7, 11) is -3.92. The van der Waals surface area contributed by atoms with Gasteiger partial charge in [0.25, 0.3) is 15.9 Å². The van der Waals surface area contributed by atoms with Crippen LogP contribution in [0.25, 0.3) is 0 Å². The van der Waals surface area contributed by atoms with Gasteiger partial charge in [-0.25, -0.2) is 13.2 Å². The highest BCUT2D eigenvalue weighted by molar-refractivity contribution is 7.92. The Morgan fingerprint density at radius 2 is 1.79 bits per heavy atom. The molecule has 2 rings (SSSR count). The minimum Gasteiger partial charge on any atom is -0.449 e. The van der Waals surface area contributed by atoms with Crippen LogP contribution in [0.1, 0.15) is 48.2 Å². The smallest absolute Gasteiger partial charge is 0.338 e. The summed E-state index contributed by atoms with van der Waals surface area (Å²) in [5.41, 5.74) is 7.14. The Kier molecular flexibility index (Phi) is 7.39. The summed E-state index contributed by atoms with van der Waals surface area (Å²) in [4.78, 5) is 23.2. The third kappa shape index (κ3) is 6.05. The third-order valence-corrected chi connectivity index (χ3v) is 5.95. The van der Waals surface area contributed by atoms with E-state index in [0.717, 1.165) is 24.8 Å². The van der Waals surface area contributed by atoms with E-state index in [-0.39, 0.29) is 10.5 Å². The molecule has 0 radical (unpaired) electrons. The Balaban J connectivity index is 2.23. The van der Waals surface area contributed by atoms with Crippen LogP contribution < -0.4 is 10.5 Å². The predicted molar refractivity (Wildman–Crippen MR) is 111 cm³/mol. The number of hydrogen-bond acceptors (Lipinski definition) is 5. The molecule has 0 heterocycles. The molecule has 29 heavy (non-hydrogen) atoms. The van der Waals surface area contributed by atoms with Gasteiger partial charge in [-0.2, -0.15) is 0 Å². The standard InChI is InChI=1S/C21H26N2O5S/c1-4-5-6-16-8-11-18(12-9-16)23-29(26,27)19-13-17(10-7-14(19)2)21(25)28-15(3)20(22)24/h7-13,15,23H,4-6H2,1-3H3,(H2,22,24)/t15-/m1/s1. The molecule has 0 aliphatic rings. The molecule has 1 amide bonds. The fourth-order valence-corrected chi connectivity index (χ4v) is 3.96. The van der Waals surface area contributed by atoms with Gasteiger partial charge in [0.05, 0.1) is 10.5 Å². The number of unbranched alkanes of at least 4 members (excludes halogenated alkanes) is 1. The second kappa shape index (κ2) is 9.56. The van der Waals surface area contributed by atoms with Gasteiger partial charge >= 0.3 is 5.97 Å². The van der Waals surface area contributed by atoms with E-state index >= 15 is 0 Å². The quantitative estimate of drug-likeness (QED) is 0.607. The van der Waals surface area contributed by atoms with Crippen molar-refractivity contribution >= 4 is 27.6 Å². The van der Waals surface area contributed by atoms with Crippen molar-refractivity contribution in [1.82, 2.24) is 0 Å². The van der Waals surface area contributed by atoms with E-state index in [1.165, 1.54) is 25.1 Å². The number of carbonyl (C=O) groups is 2. The SMILES string of the molecule is CCCCc1ccc(NS(=O)(=O)c2cc(C(=O)O[C@H](C)C(N)=O)ccc2C)cc1. The van der Waals surface area contributed by atoms with Crippen molar-refractivity contribution in [2.45, 2.75) is 51.0 Å². The van der Waals surface area contributed by atoms with Gasteiger partial charge in [-0.05, 0) is 62.1 Å². The molecule has 8 heteroatoms. The topological polar surface area (TPSA) is 116 Å². The highest BCUT2D eigenvalue weighted by atomic mass is 32.2. The lowest BCUT2D eigenvalue weighted by molar-refractivity contribution is -0.125. The summed E-state index contributed by atoms with van der Waals surface area (Å²) in [6.07, 6.45) is 1.98. The normalized spacial score (nSPS) is 12.2. The van der Waals surface area contributed by atoms with Gasteiger partial charge in [0.15, 0.2) is 6.10 Å².